The van der Waals surface area contributed by atoms with Crippen LogP contribution in [0.25, 0.3) is 5.70 Å². The number of rotatable bonds is 5. The minimum absolute atomic E-state index is 0.162. The van der Waals surface area contributed by atoms with Gasteiger partial charge in [0.25, 0.3) is 0 Å². The van der Waals surface area contributed by atoms with Crippen molar-refractivity contribution < 1.29 is 4.79 Å². The quantitative estimate of drug-likeness (QED) is 0.655. The van der Waals surface area contributed by atoms with E-state index in [1.165, 1.54) is 0 Å². The lowest BCUT2D eigenvalue weighted by Gasteiger charge is -2.33. The Labute approximate surface area is 161 Å². The number of likely N-dealkylation sites (N-methyl/N-ethyl adjacent to an activating group) is 1. The van der Waals surface area contributed by atoms with Crippen LogP contribution in [0, 0.1) is 0 Å². The van der Waals surface area contributed by atoms with E-state index in [1.54, 1.807) is 5.01 Å². The molecule has 1 fully saturated rings. The third kappa shape index (κ3) is 4.76. The van der Waals surface area contributed by atoms with Crippen LogP contribution in [0.5, 0.6) is 0 Å². The van der Waals surface area contributed by atoms with Crippen molar-refractivity contribution >= 4 is 17.3 Å². The van der Waals surface area contributed by atoms with Crippen molar-refractivity contribution in [2.45, 2.75) is 13.3 Å². The summed E-state index contributed by atoms with van der Waals surface area (Å²) in [5.41, 5.74) is 3.75. The van der Waals surface area contributed by atoms with Crippen molar-refractivity contribution in [2.24, 2.45) is 5.84 Å². The van der Waals surface area contributed by atoms with E-state index in [4.69, 9.17) is 5.84 Å². The highest BCUT2D eigenvalue weighted by Crippen LogP contribution is 2.27. The van der Waals surface area contributed by atoms with Gasteiger partial charge in [-0.25, -0.2) is 5.84 Å². The molecule has 27 heavy (non-hydrogen) atoms. The van der Waals surface area contributed by atoms with Gasteiger partial charge in [0.1, 0.15) is 0 Å². The van der Waals surface area contributed by atoms with E-state index < -0.39 is 0 Å². The number of hydrazine groups is 1. The van der Waals surface area contributed by atoms with Crippen molar-refractivity contribution in [2.75, 3.05) is 38.2 Å². The smallest absolute Gasteiger partial charge is 0.226 e. The van der Waals surface area contributed by atoms with Crippen molar-refractivity contribution in [3.8, 4) is 0 Å². The van der Waals surface area contributed by atoms with Gasteiger partial charge in [-0.05, 0) is 37.2 Å². The van der Waals surface area contributed by atoms with Crippen LogP contribution < -0.4 is 10.9 Å². The maximum absolute atomic E-state index is 12.8. The summed E-state index contributed by atoms with van der Waals surface area (Å²) in [6, 6.07) is 19.8. The number of anilines is 1. The molecule has 5 heteroatoms. The second-order valence-corrected chi connectivity index (χ2v) is 7.06. The van der Waals surface area contributed by atoms with E-state index in [2.05, 4.69) is 11.9 Å². The zero-order valence-electron chi connectivity index (χ0n) is 16.1. The molecule has 1 saturated heterocycles. The van der Waals surface area contributed by atoms with E-state index in [9.17, 15) is 4.79 Å². The van der Waals surface area contributed by atoms with Gasteiger partial charge >= 0.3 is 0 Å². The molecule has 2 aromatic carbocycles. The molecule has 0 aliphatic carbocycles. The Morgan fingerprint density at radius 2 is 1.52 bits per heavy atom. The first-order chi connectivity index (χ1) is 13.1. The normalized spacial score (nSPS) is 16.0. The van der Waals surface area contributed by atoms with Crippen molar-refractivity contribution in [1.29, 1.82) is 0 Å². The fraction of sp³-hybridized carbons (Fsp3) is 0.318. The monoisotopic (exact) mass is 364 g/mol. The summed E-state index contributed by atoms with van der Waals surface area (Å²) in [6.45, 7) is 5.42. The molecule has 0 bridgehead atoms. The SMILES string of the molecule is C/C(CC(=O)N1CCN(C)CC1)=C(\c1ccccc1)N(N)c1ccccc1. The Balaban J connectivity index is 1.88. The molecule has 1 aliphatic heterocycles. The number of amides is 1. The number of hydrogen-bond donors (Lipinski definition) is 1. The number of hydrogen-bond acceptors (Lipinski definition) is 4. The molecule has 5 nitrogen and oxygen atoms in total. The summed E-state index contributed by atoms with van der Waals surface area (Å²) in [6.07, 6.45) is 0.370. The summed E-state index contributed by atoms with van der Waals surface area (Å²) >= 11 is 0. The largest absolute Gasteiger partial charge is 0.340 e. The molecule has 0 spiro atoms. The lowest BCUT2D eigenvalue weighted by Crippen LogP contribution is -2.47. The highest BCUT2D eigenvalue weighted by atomic mass is 16.2. The molecule has 1 aliphatic rings. The van der Waals surface area contributed by atoms with E-state index in [1.807, 2.05) is 72.5 Å². The lowest BCUT2D eigenvalue weighted by atomic mass is 10.0. The van der Waals surface area contributed by atoms with Crippen LogP contribution in [0.4, 0.5) is 5.69 Å². The van der Waals surface area contributed by atoms with Crippen LogP contribution in [0.1, 0.15) is 18.9 Å². The van der Waals surface area contributed by atoms with Crippen LogP contribution in [0.3, 0.4) is 0 Å². The fourth-order valence-corrected chi connectivity index (χ4v) is 3.38. The predicted molar refractivity (Wildman–Crippen MR) is 111 cm³/mol. The second-order valence-electron chi connectivity index (χ2n) is 7.06. The van der Waals surface area contributed by atoms with Gasteiger partial charge in [-0.3, -0.25) is 9.80 Å². The first-order valence-corrected chi connectivity index (χ1v) is 9.37. The molecule has 142 valence electrons. The number of nitrogens with two attached hydrogens (primary N) is 1. The van der Waals surface area contributed by atoms with Crippen LogP contribution >= 0.6 is 0 Å². The molecule has 2 aromatic rings. The van der Waals surface area contributed by atoms with Gasteiger partial charge in [0.15, 0.2) is 0 Å². The van der Waals surface area contributed by atoms with Crippen molar-refractivity contribution in [3.63, 3.8) is 0 Å². The summed E-state index contributed by atoms with van der Waals surface area (Å²) in [7, 11) is 2.09. The molecule has 1 amide bonds. The third-order valence-electron chi connectivity index (χ3n) is 5.00. The fourth-order valence-electron chi connectivity index (χ4n) is 3.38. The first-order valence-electron chi connectivity index (χ1n) is 9.37. The Morgan fingerprint density at radius 1 is 0.963 bits per heavy atom. The van der Waals surface area contributed by atoms with Crippen LogP contribution in [-0.4, -0.2) is 48.9 Å². The van der Waals surface area contributed by atoms with E-state index in [0.29, 0.717) is 6.42 Å². The maximum atomic E-state index is 12.8. The van der Waals surface area contributed by atoms with Crippen molar-refractivity contribution in [3.05, 3.63) is 71.8 Å². The molecule has 2 N–H and O–H groups in total. The zero-order valence-corrected chi connectivity index (χ0v) is 16.1. The topological polar surface area (TPSA) is 52.8 Å². The molecule has 1 heterocycles. The molecular weight excluding hydrogens is 336 g/mol. The number of nitrogens with zero attached hydrogens (tertiary/aromatic N) is 3. The average Bonchev–Trinajstić information content (AvgIpc) is 2.70. The Morgan fingerprint density at radius 3 is 2.11 bits per heavy atom. The molecule has 3 rings (SSSR count). The van der Waals surface area contributed by atoms with Gasteiger partial charge in [-0.1, -0.05) is 48.5 Å². The minimum Gasteiger partial charge on any atom is -0.340 e. The second kappa shape index (κ2) is 8.84. The number of piperazine rings is 1. The maximum Gasteiger partial charge on any atom is 0.226 e. The van der Waals surface area contributed by atoms with Gasteiger partial charge in [0, 0.05) is 32.6 Å². The molecular formula is C22H28N4O. The average molecular weight is 364 g/mol. The highest BCUT2D eigenvalue weighted by Gasteiger charge is 2.21. The molecule has 0 radical (unpaired) electrons. The number of carbonyl (C=O) groups excluding carboxylic acids is 1. The summed E-state index contributed by atoms with van der Waals surface area (Å²) in [4.78, 5) is 17.0. The van der Waals surface area contributed by atoms with Gasteiger partial charge in [0.05, 0.1) is 11.4 Å². The number of benzene rings is 2. The third-order valence-corrected chi connectivity index (χ3v) is 5.00. The molecule has 0 aromatic heterocycles. The summed E-state index contributed by atoms with van der Waals surface area (Å²) < 4.78 is 0. The Bertz CT molecular complexity index is 780. The van der Waals surface area contributed by atoms with Gasteiger partial charge in [-0.15, -0.1) is 0 Å². The Kier molecular flexibility index (Phi) is 6.27. The molecule has 0 atom stereocenters. The predicted octanol–water partition coefficient (Wildman–Crippen LogP) is 2.96. The van der Waals surface area contributed by atoms with Crippen LogP contribution in [0.2, 0.25) is 0 Å². The number of para-hydroxylation sites is 1. The van der Waals surface area contributed by atoms with Crippen LogP contribution in [0.15, 0.2) is 66.2 Å². The summed E-state index contributed by atoms with van der Waals surface area (Å²) in [5, 5.41) is 1.68. The highest BCUT2D eigenvalue weighted by molar-refractivity contribution is 5.86. The van der Waals surface area contributed by atoms with E-state index in [-0.39, 0.29) is 5.91 Å². The Hall–Kier alpha value is -2.63. The van der Waals surface area contributed by atoms with E-state index in [0.717, 1.165) is 48.7 Å². The standard InChI is InChI=1S/C22H28N4O/c1-18(17-21(27)25-15-13-24(2)14-16-25)22(19-9-5-3-6-10-19)26(23)20-11-7-4-8-12-20/h3-12H,13-17,23H2,1-2H3/b22-18-. The minimum atomic E-state index is 0.162. The summed E-state index contributed by atoms with van der Waals surface area (Å²) in [5.74, 6) is 6.65. The molecule has 0 unspecified atom stereocenters. The first kappa shape index (κ1) is 19.1. The van der Waals surface area contributed by atoms with E-state index >= 15 is 0 Å². The van der Waals surface area contributed by atoms with Crippen molar-refractivity contribution in [1.82, 2.24) is 9.80 Å². The number of carbonyl (C=O) groups is 1. The van der Waals surface area contributed by atoms with Gasteiger partial charge in [-0.2, -0.15) is 0 Å². The van der Waals surface area contributed by atoms with Crippen LogP contribution in [-0.2, 0) is 4.79 Å². The zero-order chi connectivity index (χ0) is 19.2. The van der Waals surface area contributed by atoms with Gasteiger partial charge in [0.2, 0.25) is 5.91 Å². The lowest BCUT2D eigenvalue weighted by molar-refractivity contribution is -0.131. The van der Waals surface area contributed by atoms with Gasteiger partial charge < -0.3 is 9.80 Å². The molecule has 0 saturated carbocycles.